The van der Waals surface area contributed by atoms with Crippen molar-refractivity contribution in [3.05, 3.63) is 35.5 Å². The fourth-order valence-electron chi connectivity index (χ4n) is 1.64. The highest BCUT2D eigenvalue weighted by molar-refractivity contribution is 5.81. The summed E-state index contributed by atoms with van der Waals surface area (Å²) in [5, 5.41) is 10.3. The van der Waals surface area contributed by atoms with Gasteiger partial charge in [0.1, 0.15) is 0 Å². The molecule has 0 aliphatic rings. The molecule has 0 fully saturated rings. The van der Waals surface area contributed by atoms with E-state index in [0.29, 0.717) is 0 Å². The van der Waals surface area contributed by atoms with Gasteiger partial charge in [-0.2, -0.15) is 0 Å². The number of aromatic amines is 1. The first-order valence-electron chi connectivity index (χ1n) is 4.91. The zero-order chi connectivity index (χ0) is 10.1. The van der Waals surface area contributed by atoms with Crippen LogP contribution in [0.2, 0.25) is 0 Å². The summed E-state index contributed by atoms with van der Waals surface area (Å²) in [6.45, 7) is 4.28. The smallest absolute Gasteiger partial charge is 0.0511 e. The van der Waals surface area contributed by atoms with E-state index in [1.165, 1.54) is 10.9 Å². The minimum absolute atomic E-state index is 0.183. The van der Waals surface area contributed by atoms with Crippen LogP contribution in [0, 0.1) is 6.92 Å². The second-order valence-corrected chi connectivity index (χ2v) is 3.90. The molecule has 1 aromatic carbocycles. The minimum atomic E-state index is 0.183. The van der Waals surface area contributed by atoms with Crippen molar-refractivity contribution >= 4 is 10.9 Å². The summed E-state index contributed by atoms with van der Waals surface area (Å²) in [6.07, 6.45) is 0. The van der Waals surface area contributed by atoms with Crippen LogP contribution in [0.4, 0.5) is 0 Å². The van der Waals surface area contributed by atoms with Crippen LogP contribution in [0.5, 0.6) is 0 Å². The van der Waals surface area contributed by atoms with Crippen molar-refractivity contribution in [3.63, 3.8) is 0 Å². The molecule has 1 unspecified atom stereocenters. The van der Waals surface area contributed by atoms with E-state index in [4.69, 9.17) is 5.11 Å². The molecule has 0 bridgehead atoms. The molecule has 0 aliphatic heterocycles. The van der Waals surface area contributed by atoms with Gasteiger partial charge < -0.3 is 10.1 Å². The van der Waals surface area contributed by atoms with Crippen LogP contribution < -0.4 is 0 Å². The Bertz CT molecular complexity index is 445. The van der Waals surface area contributed by atoms with Gasteiger partial charge in [0.15, 0.2) is 0 Å². The number of hydrogen-bond donors (Lipinski definition) is 2. The summed E-state index contributed by atoms with van der Waals surface area (Å²) in [4.78, 5) is 3.31. The van der Waals surface area contributed by atoms with Crippen molar-refractivity contribution in [1.29, 1.82) is 0 Å². The highest BCUT2D eigenvalue weighted by Gasteiger charge is 2.07. The Kier molecular flexibility index (Phi) is 2.30. The average Bonchev–Trinajstić information content (AvgIpc) is 2.59. The largest absolute Gasteiger partial charge is 0.396 e. The summed E-state index contributed by atoms with van der Waals surface area (Å²) in [6, 6.07) is 8.44. The predicted octanol–water partition coefficient (Wildman–Crippen LogP) is 2.57. The summed E-state index contributed by atoms with van der Waals surface area (Å²) < 4.78 is 0. The molecule has 0 saturated carbocycles. The molecule has 1 aromatic heterocycles. The van der Waals surface area contributed by atoms with Crippen LogP contribution in [-0.2, 0) is 0 Å². The van der Waals surface area contributed by atoms with E-state index in [2.05, 4.69) is 36.2 Å². The third-order valence-corrected chi connectivity index (χ3v) is 2.60. The Balaban J connectivity index is 2.51. The van der Waals surface area contributed by atoms with Gasteiger partial charge in [-0.25, -0.2) is 0 Å². The van der Waals surface area contributed by atoms with Crippen LogP contribution in [-0.4, -0.2) is 16.7 Å². The molecule has 0 amide bonds. The number of rotatable bonds is 2. The van der Waals surface area contributed by atoms with E-state index in [0.717, 1.165) is 11.2 Å². The van der Waals surface area contributed by atoms with Crippen LogP contribution in [0.15, 0.2) is 24.3 Å². The van der Waals surface area contributed by atoms with Gasteiger partial charge in [-0.15, -0.1) is 0 Å². The molecule has 2 rings (SSSR count). The second kappa shape index (κ2) is 3.46. The Labute approximate surface area is 83.6 Å². The normalized spacial score (nSPS) is 13.4. The lowest BCUT2D eigenvalue weighted by atomic mass is 10.1. The van der Waals surface area contributed by atoms with Crippen LogP contribution in [0.1, 0.15) is 24.1 Å². The third kappa shape index (κ3) is 1.53. The molecular formula is C12H15NO. The van der Waals surface area contributed by atoms with Gasteiger partial charge >= 0.3 is 0 Å². The van der Waals surface area contributed by atoms with E-state index in [-0.39, 0.29) is 12.5 Å². The molecule has 2 N–H and O–H groups in total. The maximum atomic E-state index is 9.05. The number of aromatic nitrogens is 1. The van der Waals surface area contributed by atoms with Crippen molar-refractivity contribution in [3.8, 4) is 0 Å². The molecule has 74 valence electrons. The minimum Gasteiger partial charge on any atom is -0.396 e. The number of aryl methyl sites for hydroxylation is 1. The zero-order valence-electron chi connectivity index (χ0n) is 8.54. The third-order valence-electron chi connectivity index (χ3n) is 2.60. The first-order valence-corrected chi connectivity index (χ1v) is 4.91. The number of hydrogen-bond acceptors (Lipinski definition) is 1. The standard InChI is InChI=1S/C12H15NO/c1-8-3-4-11-10(5-8)6-12(13-11)9(2)7-14/h3-6,9,13-14H,7H2,1-2H3. The van der Waals surface area contributed by atoms with Gasteiger partial charge in [-0.05, 0) is 30.5 Å². The molecule has 2 nitrogen and oxygen atoms in total. The Hall–Kier alpha value is -1.28. The lowest BCUT2D eigenvalue weighted by molar-refractivity contribution is 0.271. The summed E-state index contributed by atoms with van der Waals surface area (Å²) >= 11 is 0. The molecule has 1 atom stereocenters. The molecule has 0 aliphatic carbocycles. The summed E-state index contributed by atoms with van der Waals surface area (Å²) in [5.74, 6) is 0.183. The van der Waals surface area contributed by atoms with Crippen LogP contribution in [0.3, 0.4) is 0 Å². The lowest BCUT2D eigenvalue weighted by Crippen LogP contribution is -1.98. The van der Waals surface area contributed by atoms with Crippen molar-refractivity contribution in [2.75, 3.05) is 6.61 Å². The molecule has 0 spiro atoms. The Morgan fingerprint density at radius 2 is 2.14 bits per heavy atom. The number of nitrogens with one attached hydrogen (secondary N) is 1. The van der Waals surface area contributed by atoms with Gasteiger partial charge in [0.2, 0.25) is 0 Å². The van der Waals surface area contributed by atoms with Crippen LogP contribution >= 0.6 is 0 Å². The maximum Gasteiger partial charge on any atom is 0.0511 e. The van der Waals surface area contributed by atoms with Gasteiger partial charge in [0, 0.05) is 17.1 Å². The average molecular weight is 189 g/mol. The van der Waals surface area contributed by atoms with Gasteiger partial charge in [-0.3, -0.25) is 0 Å². The quantitative estimate of drug-likeness (QED) is 0.748. The van der Waals surface area contributed by atoms with Crippen molar-refractivity contribution in [2.24, 2.45) is 0 Å². The fraction of sp³-hybridized carbons (Fsp3) is 0.333. The Morgan fingerprint density at radius 1 is 1.36 bits per heavy atom. The first kappa shape index (κ1) is 9.28. The molecule has 0 saturated heterocycles. The van der Waals surface area contributed by atoms with E-state index in [1.807, 2.05) is 6.92 Å². The summed E-state index contributed by atoms with van der Waals surface area (Å²) in [5.41, 5.74) is 3.51. The highest BCUT2D eigenvalue weighted by atomic mass is 16.3. The van der Waals surface area contributed by atoms with Crippen molar-refractivity contribution in [1.82, 2.24) is 4.98 Å². The number of aliphatic hydroxyl groups excluding tert-OH is 1. The van der Waals surface area contributed by atoms with Crippen LogP contribution in [0.25, 0.3) is 10.9 Å². The monoisotopic (exact) mass is 189 g/mol. The number of benzene rings is 1. The van der Waals surface area contributed by atoms with E-state index < -0.39 is 0 Å². The van der Waals surface area contributed by atoms with Crippen molar-refractivity contribution < 1.29 is 5.11 Å². The topological polar surface area (TPSA) is 36.0 Å². The van der Waals surface area contributed by atoms with Gasteiger partial charge in [0.25, 0.3) is 0 Å². The number of fused-ring (bicyclic) bond motifs is 1. The molecule has 14 heavy (non-hydrogen) atoms. The lowest BCUT2D eigenvalue weighted by Gasteiger charge is -2.02. The molecule has 2 aromatic rings. The van der Waals surface area contributed by atoms with Crippen molar-refractivity contribution in [2.45, 2.75) is 19.8 Å². The number of aliphatic hydroxyl groups is 1. The van der Waals surface area contributed by atoms with E-state index >= 15 is 0 Å². The second-order valence-electron chi connectivity index (χ2n) is 3.90. The highest BCUT2D eigenvalue weighted by Crippen LogP contribution is 2.21. The molecule has 0 radical (unpaired) electrons. The Morgan fingerprint density at radius 3 is 2.86 bits per heavy atom. The van der Waals surface area contributed by atoms with E-state index in [1.54, 1.807) is 0 Å². The zero-order valence-corrected chi connectivity index (χ0v) is 8.54. The SMILES string of the molecule is Cc1ccc2[nH]c(C(C)CO)cc2c1. The molecular weight excluding hydrogens is 174 g/mol. The van der Waals surface area contributed by atoms with Gasteiger partial charge in [0.05, 0.1) is 6.61 Å². The predicted molar refractivity (Wildman–Crippen MR) is 58.5 cm³/mol. The molecule has 2 heteroatoms. The summed E-state index contributed by atoms with van der Waals surface area (Å²) in [7, 11) is 0. The fourth-order valence-corrected chi connectivity index (χ4v) is 1.64. The number of H-pyrrole nitrogens is 1. The maximum absolute atomic E-state index is 9.05. The first-order chi connectivity index (χ1) is 6.70. The van der Waals surface area contributed by atoms with E-state index in [9.17, 15) is 0 Å². The molecule has 1 heterocycles. The van der Waals surface area contributed by atoms with Gasteiger partial charge in [-0.1, -0.05) is 18.6 Å².